The van der Waals surface area contributed by atoms with E-state index in [0.717, 1.165) is 0 Å². The molecule has 0 spiro atoms. The molecule has 0 amide bonds. The van der Waals surface area contributed by atoms with E-state index >= 15 is 0 Å². The molecule has 0 saturated heterocycles. The normalized spacial score (nSPS) is 15.8. The van der Waals surface area contributed by atoms with Crippen molar-refractivity contribution in [2.45, 2.75) is 12.3 Å². The van der Waals surface area contributed by atoms with E-state index in [1.165, 1.54) is 0 Å². The molecular weight excluding hydrogens is 340 g/mol. The minimum absolute atomic E-state index is 0.0184. The molecule has 0 saturated carbocycles. The zero-order valence-electron chi connectivity index (χ0n) is 13.5. The molecule has 0 unspecified atom stereocenters. The minimum Gasteiger partial charge on any atom is -0.497 e. The molecule has 0 fully saturated rings. The zero-order valence-corrected chi connectivity index (χ0v) is 14.2. The van der Waals surface area contributed by atoms with Crippen molar-refractivity contribution in [1.82, 2.24) is 0 Å². The summed E-state index contributed by atoms with van der Waals surface area (Å²) in [6.45, 7) is 0. The first-order valence-electron chi connectivity index (χ1n) is 7.57. The van der Waals surface area contributed by atoms with E-state index in [-0.39, 0.29) is 23.7 Å². The quantitative estimate of drug-likeness (QED) is 0.844. The third-order valence-electron chi connectivity index (χ3n) is 4.10. The second-order valence-corrected chi connectivity index (χ2v) is 6.02. The first-order valence-corrected chi connectivity index (χ1v) is 7.95. The summed E-state index contributed by atoms with van der Waals surface area (Å²) in [5.74, 6) is 0.586. The van der Waals surface area contributed by atoms with Gasteiger partial charge in [0.2, 0.25) is 5.88 Å². The molecule has 1 aliphatic heterocycles. The van der Waals surface area contributed by atoms with Crippen LogP contribution in [0.3, 0.4) is 0 Å². The van der Waals surface area contributed by atoms with Crippen LogP contribution in [0.25, 0.3) is 0 Å². The van der Waals surface area contributed by atoms with Gasteiger partial charge in [0.05, 0.1) is 12.7 Å². The van der Waals surface area contributed by atoms with Crippen molar-refractivity contribution in [2.75, 3.05) is 7.11 Å². The highest BCUT2D eigenvalue weighted by Crippen LogP contribution is 2.41. The van der Waals surface area contributed by atoms with Gasteiger partial charge in [0.1, 0.15) is 17.6 Å². The fourth-order valence-corrected chi connectivity index (χ4v) is 2.99. The van der Waals surface area contributed by atoms with E-state index in [1.54, 1.807) is 49.6 Å². The zero-order chi connectivity index (χ0) is 18.0. The maximum absolute atomic E-state index is 12.7. The van der Waals surface area contributed by atoms with Crippen LogP contribution < -0.4 is 15.2 Å². The standard InChI is InChI=1S/C19H15ClN2O3/c1-24-13-5-2-11(3-6-13)17(23)9-14-15-8-12(20)4-7-18(15)25-19(22)16(14)10-21/h2-8,14H,9,22H2,1H3/t14-/m0/s1. The molecule has 2 N–H and O–H groups in total. The van der Waals surface area contributed by atoms with Gasteiger partial charge >= 0.3 is 0 Å². The van der Waals surface area contributed by atoms with Gasteiger partial charge in [-0.15, -0.1) is 0 Å². The molecule has 126 valence electrons. The van der Waals surface area contributed by atoms with Crippen LogP contribution in [-0.2, 0) is 0 Å². The van der Waals surface area contributed by atoms with Gasteiger partial charge in [-0.05, 0) is 42.5 Å². The number of carbonyl (C=O) groups is 1. The average molecular weight is 355 g/mol. The summed E-state index contributed by atoms with van der Waals surface area (Å²) >= 11 is 6.07. The number of nitrogens with two attached hydrogens (primary N) is 1. The van der Waals surface area contributed by atoms with E-state index < -0.39 is 5.92 Å². The molecule has 0 radical (unpaired) electrons. The van der Waals surface area contributed by atoms with Crippen molar-refractivity contribution < 1.29 is 14.3 Å². The lowest BCUT2D eigenvalue weighted by Crippen LogP contribution is -2.22. The van der Waals surface area contributed by atoms with Crippen molar-refractivity contribution in [3.8, 4) is 17.6 Å². The summed E-state index contributed by atoms with van der Waals surface area (Å²) in [6.07, 6.45) is 0.0899. The van der Waals surface area contributed by atoms with Crippen LogP contribution in [0.1, 0.15) is 28.3 Å². The van der Waals surface area contributed by atoms with Crippen LogP contribution in [-0.4, -0.2) is 12.9 Å². The molecule has 1 heterocycles. The monoisotopic (exact) mass is 354 g/mol. The van der Waals surface area contributed by atoms with Gasteiger partial charge in [0.25, 0.3) is 0 Å². The van der Waals surface area contributed by atoms with Crippen molar-refractivity contribution in [3.05, 3.63) is 70.1 Å². The number of carbonyl (C=O) groups excluding carboxylic acids is 1. The Kier molecular flexibility index (Phi) is 4.64. The van der Waals surface area contributed by atoms with Gasteiger partial charge in [-0.2, -0.15) is 5.26 Å². The van der Waals surface area contributed by atoms with Crippen LogP contribution in [0.15, 0.2) is 53.9 Å². The molecule has 6 heteroatoms. The Labute approximate surface area is 150 Å². The number of ether oxygens (including phenoxy) is 2. The van der Waals surface area contributed by atoms with E-state index in [9.17, 15) is 10.1 Å². The summed E-state index contributed by atoms with van der Waals surface area (Å²) in [7, 11) is 1.56. The highest BCUT2D eigenvalue weighted by Gasteiger charge is 2.31. The summed E-state index contributed by atoms with van der Waals surface area (Å²) in [5, 5.41) is 9.95. The molecule has 1 atom stereocenters. The number of fused-ring (bicyclic) bond motifs is 1. The second kappa shape index (κ2) is 6.88. The number of allylic oxidation sites excluding steroid dienone is 1. The summed E-state index contributed by atoms with van der Waals surface area (Å²) < 4.78 is 10.6. The molecule has 0 aliphatic carbocycles. The number of ketones is 1. The predicted octanol–water partition coefficient (Wildman–Crippen LogP) is 3.79. The molecule has 3 rings (SSSR count). The highest BCUT2D eigenvalue weighted by atomic mass is 35.5. The Balaban J connectivity index is 1.95. The Morgan fingerprint density at radius 2 is 2.04 bits per heavy atom. The fraction of sp³-hybridized carbons (Fsp3) is 0.158. The summed E-state index contributed by atoms with van der Waals surface area (Å²) in [6, 6.07) is 13.9. The van der Waals surface area contributed by atoms with Crippen LogP contribution in [0, 0.1) is 11.3 Å². The number of hydrogen-bond donors (Lipinski definition) is 1. The van der Waals surface area contributed by atoms with Crippen molar-refractivity contribution in [3.63, 3.8) is 0 Å². The topological polar surface area (TPSA) is 85.3 Å². The molecule has 1 aliphatic rings. The molecule has 0 bridgehead atoms. The van der Waals surface area contributed by atoms with E-state index in [4.69, 9.17) is 26.8 Å². The number of rotatable bonds is 4. The maximum atomic E-state index is 12.7. The largest absolute Gasteiger partial charge is 0.497 e. The highest BCUT2D eigenvalue weighted by molar-refractivity contribution is 6.30. The fourth-order valence-electron chi connectivity index (χ4n) is 2.81. The predicted molar refractivity (Wildman–Crippen MR) is 93.6 cm³/mol. The number of nitrogens with zero attached hydrogens (tertiary/aromatic N) is 1. The van der Waals surface area contributed by atoms with E-state index in [2.05, 4.69) is 6.07 Å². The Hall–Kier alpha value is -2.97. The minimum atomic E-state index is -0.498. The maximum Gasteiger partial charge on any atom is 0.205 e. The van der Waals surface area contributed by atoms with Gasteiger partial charge in [0.15, 0.2) is 5.78 Å². The van der Waals surface area contributed by atoms with Gasteiger partial charge in [0, 0.05) is 28.5 Å². The van der Waals surface area contributed by atoms with Crippen molar-refractivity contribution in [2.24, 2.45) is 5.73 Å². The first-order chi connectivity index (χ1) is 12.0. The van der Waals surface area contributed by atoms with Crippen LogP contribution in [0.4, 0.5) is 0 Å². The van der Waals surface area contributed by atoms with Crippen molar-refractivity contribution in [1.29, 1.82) is 5.26 Å². The molecule has 0 aromatic heterocycles. The third kappa shape index (κ3) is 3.30. The van der Waals surface area contributed by atoms with Gasteiger partial charge in [-0.1, -0.05) is 11.6 Å². The van der Waals surface area contributed by atoms with Gasteiger partial charge in [-0.25, -0.2) is 0 Å². The van der Waals surface area contributed by atoms with Gasteiger partial charge in [-0.3, -0.25) is 4.79 Å². The third-order valence-corrected chi connectivity index (χ3v) is 4.34. The molecule has 5 nitrogen and oxygen atoms in total. The summed E-state index contributed by atoms with van der Waals surface area (Å²) in [5.41, 5.74) is 7.31. The van der Waals surface area contributed by atoms with E-state index in [1.807, 2.05) is 0 Å². The van der Waals surface area contributed by atoms with Crippen LogP contribution in [0.5, 0.6) is 11.5 Å². The number of nitriles is 1. The number of hydrogen-bond acceptors (Lipinski definition) is 5. The SMILES string of the molecule is COc1ccc(C(=O)C[C@@H]2C(C#N)=C(N)Oc3ccc(Cl)cc32)cc1. The lowest BCUT2D eigenvalue weighted by Gasteiger charge is -2.25. The Morgan fingerprint density at radius 3 is 2.68 bits per heavy atom. The number of halogens is 1. The lowest BCUT2D eigenvalue weighted by molar-refractivity contribution is 0.0976. The van der Waals surface area contributed by atoms with Crippen LogP contribution in [0.2, 0.25) is 5.02 Å². The number of benzene rings is 2. The molecule has 25 heavy (non-hydrogen) atoms. The second-order valence-electron chi connectivity index (χ2n) is 5.58. The number of methoxy groups -OCH3 is 1. The average Bonchev–Trinajstić information content (AvgIpc) is 2.62. The molecular formula is C19H15ClN2O3. The van der Waals surface area contributed by atoms with Crippen LogP contribution >= 0.6 is 11.6 Å². The lowest BCUT2D eigenvalue weighted by atomic mass is 9.84. The van der Waals surface area contributed by atoms with Gasteiger partial charge < -0.3 is 15.2 Å². The summed E-state index contributed by atoms with van der Waals surface area (Å²) in [4.78, 5) is 12.7. The van der Waals surface area contributed by atoms with Crippen molar-refractivity contribution >= 4 is 17.4 Å². The smallest absolute Gasteiger partial charge is 0.205 e. The molecule has 2 aromatic carbocycles. The molecule has 2 aromatic rings. The Bertz CT molecular complexity index is 898. The first kappa shape index (κ1) is 16.9. The van der Waals surface area contributed by atoms with E-state index in [0.29, 0.717) is 27.6 Å². The number of Topliss-reactive ketones (excluding diaryl/α,β-unsaturated/α-hetero) is 1. The Morgan fingerprint density at radius 1 is 1.32 bits per heavy atom.